The van der Waals surface area contributed by atoms with E-state index in [1.54, 1.807) is 24.4 Å². The predicted octanol–water partition coefficient (Wildman–Crippen LogP) is 3.06. The van der Waals surface area contributed by atoms with E-state index in [0.717, 1.165) is 5.56 Å². The zero-order valence-corrected chi connectivity index (χ0v) is 14.6. The molecule has 2 aromatic carbocycles. The Hall–Kier alpha value is -2.47. The van der Waals surface area contributed by atoms with E-state index in [9.17, 15) is 8.42 Å². The highest BCUT2D eigenvalue weighted by Crippen LogP contribution is 2.25. The minimum atomic E-state index is -3.62. The fourth-order valence-corrected chi connectivity index (χ4v) is 3.59. The number of sulfonamides is 1. The van der Waals surface area contributed by atoms with Crippen LogP contribution in [0.3, 0.4) is 0 Å². The van der Waals surface area contributed by atoms with Gasteiger partial charge in [0.25, 0.3) is 10.0 Å². The first-order valence-corrected chi connectivity index (χ1v) is 9.05. The van der Waals surface area contributed by atoms with Gasteiger partial charge in [-0.05, 0) is 28.7 Å². The maximum absolute atomic E-state index is 11.9. The van der Waals surface area contributed by atoms with Crippen molar-refractivity contribution in [1.29, 1.82) is 0 Å². The zero-order chi connectivity index (χ0) is 17.4. The van der Waals surface area contributed by atoms with Gasteiger partial charge >= 0.3 is 0 Å². The lowest BCUT2D eigenvalue weighted by molar-refractivity contribution is 0.590. The Bertz CT molecular complexity index is 921. The van der Waals surface area contributed by atoms with Crippen LogP contribution in [0.4, 0.5) is 0 Å². The van der Waals surface area contributed by atoms with E-state index in [2.05, 4.69) is 47.8 Å². The Balaban J connectivity index is 1.76. The molecule has 124 valence electrons. The Kier molecular flexibility index (Phi) is 4.01. The summed E-state index contributed by atoms with van der Waals surface area (Å²) in [5, 5.41) is 4.11. The topological polar surface area (TPSA) is 70.9 Å². The Labute approximate surface area is 142 Å². The van der Waals surface area contributed by atoms with Crippen LogP contribution < -0.4 is 5.43 Å². The number of benzene rings is 2. The van der Waals surface area contributed by atoms with Crippen LogP contribution in [0.2, 0.25) is 0 Å². The molecule has 24 heavy (non-hydrogen) atoms. The molecule has 5 nitrogen and oxygen atoms in total. The van der Waals surface area contributed by atoms with E-state index in [1.807, 2.05) is 12.1 Å². The second-order valence-electron chi connectivity index (χ2n) is 6.65. The first kappa shape index (κ1) is 16.4. The van der Waals surface area contributed by atoms with Crippen molar-refractivity contribution in [2.24, 2.45) is 9.50 Å². The number of amidine groups is 1. The van der Waals surface area contributed by atoms with Crippen LogP contribution in [0.25, 0.3) is 0 Å². The molecule has 1 N–H and O–H groups in total. The van der Waals surface area contributed by atoms with Crippen molar-refractivity contribution in [2.75, 3.05) is 0 Å². The number of hydrogen-bond donors (Lipinski definition) is 1. The van der Waals surface area contributed by atoms with Crippen LogP contribution in [0, 0.1) is 0 Å². The van der Waals surface area contributed by atoms with Crippen LogP contribution in [0.5, 0.6) is 0 Å². The molecule has 0 amide bonds. The van der Waals surface area contributed by atoms with Crippen LogP contribution in [0.15, 0.2) is 62.9 Å². The van der Waals surface area contributed by atoms with E-state index in [0.29, 0.717) is 5.56 Å². The van der Waals surface area contributed by atoms with Gasteiger partial charge < -0.3 is 0 Å². The summed E-state index contributed by atoms with van der Waals surface area (Å²) in [6.07, 6.45) is 1.64. The standard InChI is InChI=1S/C18H19N3O2S/c1-18(2,3)14-10-8-13(9-11-14)12-19-20-17-15-6-4-5-7-16(15)24(22,23)21-17/h4-12H,1-3H3,(H,20,21). The highest BCUT2D eigenvalue weighted by atomic mass is 32.2. The second kappa shape index (κ2) is 5.87. The molecule has 0 unspecified atom stereocenters. The van der Waals surface area contributed by atoms with Gasteiger partial charge in [-0.3, -0.25) is 5.43 Å². The fourth-order valence-electron chi connectivity index (χ4n) is 2.42. The normalized spacial score (nSPS) is 16.0. The average Bonchev–Trinajstić information content (AvgIpc) is 2.79. The molecule has 1 heterocycles. The fraction of sp³-hybridized carbons (Fsp3) is 0.222. The molecular formula is C18H19N3O2S. The van der Waals surface area contributed by atoms with Gasteiger partial charge in [-0.15, -0.1) is 4.40 Å². The first-order valence-electron chi connectivity index (χ1n) is 7.61. The van der Waals surface area contributed by atoms with Crippen molar-refractivity contribution in [3.8, 4) is 0 Å². The van der Waals surface area contributed by atoms with Crippen LogP contribution in [0.1, 0.15) is 37.5 Å². The molecule has 0 fully saturated rings. The number of hydrogen-bond acceptors (Lipinski definition) is 4. The van der Waals surface area contributed by atoms with E-state index in [1.165, 1.54) is 11.6 Å². The number of nitrogens with zero attached hydrogens (tertiary/aromatic N) is 2. The highest BCUT2D eigenvalue weighted by Gasteiger charge is 2.28. The third-order valence-corrected chi connectivity index (χ3v) is 5.13. The van der Waals surface area contributed by atoms with Gasteiger partial charge in [-0.2, -0.15) is 13.5 Å². The number of nitrogens with one attached hydrogen (secondary N) is 1. The van der Waals surface area contributed by atoms with Crippen molar-refractivity contribution in [2.45, 2.75) is 31.1 Å². The molecule has 0 aromatic heterocycles. The number of hydrazone groups is 1. The van der Waals surface area contributed by atoms with Crippen molar-refractivity contribution in [3.05, 3.63) is 65.2 Å². The molecule has 0 spiro atoms. The largest absolute Gasteiger partial charge is 0.285 e. The van der Waals surface area contributed by atoms with Crippen LogP contribution in [-0.4, -0.2) is 20.5 Å². The third-order valence-electron chi connectivity index (χ3n) is 3.79. The average molecular weight is 341 g/mol. The SMILES string of the molecule is CC(C)(C)c1ccc(C=NNC2=NS(=O)(=O)c3ccccc32)cc1. The highest BCUT2D eigenvalue weighted by molar-refractivity contribution is 7.90. The summed E-state index contributed by atoms with van der Waals surface area (Å²) in [6.45, 7) is 6.48. The summed E-state index contributed by atoms with van der Waals surface area (Å²) in [5.41, 5.74) is 5.53. The Morgan fingerprint density at radius 1 is 1.04 bits per heavy atom. The summed E-state index contributed by atoms with van der Waals surface area (Å²) in [5.74, 6) is 0.244. The van der Waals surface area contributed by atoms with Gasteiger partial charge in [0.2, 0.25) is 0 Å². The predicted molar refractivity (Wildman–Crippen MR) is 96.0 cm³/mol. The monoisotopic (exact) mass is 341 g/mol. The molecule has 1 aliphatic rings. The molecule has 0 bridgehead atoms. The van der Waals surface area contributed by atoms with Gasteiger partial charge in [0.1, 0.15) is 4.90 Å². The first-order chi connectivity index (χ1) is 11.3. The minimum Gasteiger partial charge on any atom is -0.260 e. The Morgan fingerprint density at radius 3 is 2.38 bits per heavy atom. The van der Waals surface area contributed by atoms with E-state index < -0.39 is 10.0 Å². The van der Waals surface area contributed by atoms with Crippen molar-refractivity contribution in [3.63, 3.8) is 0 Å². The van der Waals surface area contributed by atoms with Crippen LogP contribution >= 0.6 is 0 Å². The van der Waals surface area contributed by atoms with E-state index >= 15 is 0 Å². The summed E-state index contributed by atoms with van der Waals surface area (Å²) < 4.78 is 27.6. The summed E-state index contributed by atoms with van der Waals surface area (Å²) in [4.78, 5) is 0.206. The summed E-state index contributed by atoms with van der Waals surface area (Å²) in [7, 11) is -3.62. The van der Waals surface area contributed by atoms with Gasteiger partial charge in [0, 0.05) is 5.56 Å². The van der Waals surface area contributed by atoms with Crippen molar-refractivity contribution < 1.29 is 8.42 Å². The molecule has 3 rings (SSSR count). The molecule has 0 saturated carbocycles. The van der Waals surface area contributed by atoms with Crippen molar-refractivity contribution >= 4 is 22.1 Å². The molecule has 0 radical (unpaired) electrons. The maximum Gasteiger partial charge on any atom is 0.285 e. The smallest absolute Gasteiger partial charge is 0.260 e. The minimum absolute atomic E-state index is 0.102. The van der Waals surface area contributed by atoms with E-state index in [4.69, 9.17) is 0 Å². The summed E-state index contributed by atoms with van der Waals surface area (Å²) in [6, 6.07) is 14.8. The molecule has 1 aliphatic heterocycles. The molecule has 0 aliphatic carbocycles. The lowest BCUT2D eigenvalue weighted by atomic mass is 9.87. The third kappa shape index (κ3) is 3.23. The number of rotatable bonds is 2. The van der Waals surface area contributed by atoms with Gasteiger partial charge in [-0.25, -0.2) is 0 Å². The van der Waals surface area contributed by atoms with Gasteiger partial charge in [0.05, 0.1) is 6.21 Å². The van der Waals surface area contributed by atoms with Gasteiger partial charge in [0.15, 0.2) is 5.84 Å². The van der Waals surface area contributed by atoms with Crippen molar-refractivity contribution in [1.82, 2.24) is 5.43 Å². The molecule has 0 saturated heterocycles. The van der Waals surface area contributed by atoms with Gasteiger partial charge in [-0.1, -0.05) is 57.2 Å². The Morgan fingerprint density at radius 2 is 1.71 bits per heavy atom. The quantitative estimate of drug-likeness (QED) is 0.674. The molecule has 0 atom stereocenters. The second-order valence-corrected chi connectivity index (χ2v) is 8.23. The van der Waals surface area contributed by atoms with E-state index in [-0.39, 0.29) is 16.1 Å². The molecular weight excluding hydrogens is 322 g/mol. The number of fused-ring (bicyclic) bond motifs is 1. The lowest BCUT2D eigenvalue weighted by Gasteiger charge is -2.18. The molecule has 6 heteroatoms. The zero-order valence-electron chi connectivity index (χ0n) is 13.8. The molecule has 2 aromatic rings. The summed E-state index contributed by atoms with van der Waals surface area (Å²) >= 11 is 0. The lowest BCUT2D eigenvalue weighted by Crippen LogP contribution is -2.17. The maximum atomic E-state index is 11.9. The van der Waals surface area contributed by atoms with Crippen LogP contribution in [-0.2, 0) is 15.4 Å².